The van der Waals surface area contributed by atoms with E-state index in [0.29, 0.717) is 6.54 Å². The summed E-state index contributed by atoms with van der Waals surface area (Å²) in [5.74, 6) is 0.578. The number of nitrogens with one attached hydrogen (secondary N) is 1. The van der Waals surface area contributed by atoms with Gasteiger partial charge in [0.05, 0.1) is 6.54 Å². The van der Waals surface area contributed by atoms with Crippen LogP contribution in [0.4, 0.5) is 4.39 Å². The van der Waals surface area contributed by atoms with Crippen LogP contribution in [0.5, 0.6) is 0 Å². The van der Waals surface area contributed by atoms with E-state index in [1.54, 1.807) is 30.6 Å². The molecule has 1 unspecified atom stereocenters. The van der Waals surface area contributed by atoms with E-state index in [0.717, 1.165) is 24.6 Å². The minimum absolute atomic E-state index is 0.200. The highest BCUT2D eigenvalue weighted by Gasteiger charge is 2.12. The van der Waals surface area contributed by atoms with E-state index in [2.05, 4.69) is 32.0 Å². The Bertz CT molecular complexity index is 628. The van der Waals surface area contributed by atoms with Crippen molar-refractivity contribution in [2.45, 2.75) is 19.6 Å². The van der Waals surface area contributed by atoms with Gasteiger partial charge in [0.1, 0.15) is 11.9 Å². The summed E-state index contributed by atoms with van der Waals surface area (Å²) >= 11 is 1.69. The molecule has 1 N–H and O–H groups in total. The number of methoxy groups -OCH3 is 1. The van der Waals surface area contributed by atoms with Crippen molar-refractivity contribution in [3.05, 3.63) is 58.0 Å². The average Bonchev–Trinajstić information content (AvgIpc) is 3.08. The molecule has 0 amide bonds. The fourth-order valence-electron chi connectivity index (χ4n) is 2.36. The van der Waals surface area contributed by atoms with Crippen LogP contribution in [0.1, 0.15) is 24.2 Å². The summed E-state index contributed by atoms with van der Waals surface area (Å²) in [5.41, 5.74) is 2.17. The molecule has 0 aliphatic heterocycles. The van der Waals surface area contributed by atoms with Crippen LogP contribution in [0, 0.1) is 5.82 Å². The lowest BCUT2D eigenvalue weighted by atomic mass is 10.1. The van der Waals surface area contributed by atoms with Gasteiger partial charge in [-0.2, -0.15) is 11.3 Å². The Balaban J connectivity index is 2.06. The summed E-state index contributed by atoms with van der Waals surface area (Å²) in [6.45, 7) is 4.10. The molecule has 1 aromatic heterocycles. The van der Waals surface area contributed by atoms with Crippen molar-refractivity contribution in [2.24, 2.45) is 4.99 Å². The fourth-order valence-corrected chi connectivity index (χ4v) is 3.02. The van der Waals surface area contributed by atoms with Crippen LogP contribution in [-0.4, -0.2) is 38.1 Å². The number of benzene rings is 1. The zero-order chi connectivity index (χ0) is 17.4. The molecule has 0 saturated carbocycles. The van der Waals surface area contributed by atoms with Gasteiger partial charge in [-0.1, -0.05) is 12.1 Å². The topological polar surface area (TPSA) is 36.9 Å². The molecule has 4 nitrogen and oxygen atoms in total. The smallest absolute Gasteiger partial charge is 0.194 e. The second kappa shape index (κ2) is 9.39. The first kappa shape index (κ1) is 18.4. The predicted molar refractivity (Wildman–Crippen MR) is 97.9 cm³/mol. The van der Waals surface area contributed by atoms with Crippen molar-refractivity contribution in [3.8, 4) is 0 Å². The summed E-state index contributed by atoms with van der Waals surface area (Å²) < 4.78 is 18.6. The predicted octanol–water partition coefficient (Wildman–Crippen LogP) is 3.67. The van der Waals surface area contributed by atoms with Crippen molar-refractivity contribution in [2.75, 3.05) is 27.2 Å². The number of aliphatic imine (C=N–C) groups is 1. The largest absolute Gasteiger partial charge is 0.375 e. The number of rotatable bonds is 7. The second-order valence-electron chi connectivity index (χ2n) is 5.46. The Labute approximate surface area is 147 Å². The number of nitrogens with zero attached hydrogens (tertiary/aromatic N) is 2. The quantitative estimate of drug-likeness (QED) is 0.612. The van der Waals surface area contributed by atoms with Gasteiger partial charge in [-0.05, 0) is 47.0 Å². The van der Waals surface area contributed by atoms with Gasteiger partial charge >= 0.3 is 0 Å². The minimum Gasteiger partial charge on any atom is -0.375 e. The summed E-state index contributed by atoms with van der Waals surface area (Å²) in [6.07, 6.45) is -0.200. The molecular formula is C18H24FN3OS. The van der Waals surface area contributed by atoms with Crippen LogP contribution >= 0.6 is 11.3 Å². The van der Waals surface area contributed by atoms with E-state index in [-0.39, 0.29) is 11.9 Å². The van der Waals surface area contributed by atoms with Gasteiger partial charge in [0, 0.05) is 27.2 Å². The Morgan fingerprint density at radius 3 is 2.67 bits per heavy atom. The van der Waals surface area contributed by atoms with Gasteiger partial charge in [0.2, 0.25) is 0 Å². The number of guanidine groups is 1. The van der Waals surface area contributed by atoms with Gasteiger partial charge in [0.15, 0.2) is 5.96 Å². The first-order valence-corrected chi connectivity index (χ1v) is 8.87. The lowest BCUT2D eigenvalue weighted by molar-refractivity contribution is 0.110. The highest BCUT2D eigenvalue weighted by molar-refractivity contribution is 7.07. The molecule has 24 heavy (non-hydrogen) atoms. The Kier molecular flexibility index (Phi) is 7.21. The molecule has 1 atom stereocenters. The number of hydrogen-bond acceptors (Lipinski definition) is 3. The van der Waals surface area contributed by atoms with Gasteiger partial charge in [-0.3, -0.25) is 4.99 Å². The van der Waals surface area contributed by atoms with Gasteiger partial charge < -0.3 is 15.0 Å². The first-order valence-electron chi connectivity index (χ1n) is 7.92. The Morgan fingerprint density at radius 2 is 2.08 bits per heavy atom. The van der Waals surface area contributed by atoms with Crippen LogP contribution < -0.4 is 5.32 Å². The molecule has 0 fully saturated rings. The third-order valence-corrected chi connectivity index (χ3v) is 4.36. The average molecular weight is 349 g/mol. The summed E-state index contributed by atoms with van der Waals surface area (Å²) in [7, 11) is 3.66. The van der Waals surface area contributed by atoms with Crippen molar-refractivity contribution in [1.82, 2.24) is 10.2 Å². The maximum atomic E-state index is 13.1. The molecule has 130 valence electrons. The third-order valence-electron chi connectivity index (χ3n) is 3.63. The Morgan fingerprint density at radius 1 is 1.33 bits per heavy atom. The summed E-state index contributed by atoms with van der Waals surface area (Å²) in [5, 5.41) is 7.51. The van der Waals surface area contributed by atoms with Crippen LogP contribution in [0.15, 0.2) is 46.1 Å². The molecule has 2 rings (SSSR count). The SMILES string of the molecule is CCNC(=NCC(OC)c1ccc(F)cc1)N(C)Cc1ccsc1. The van der Waals surface area contributed by atoms with Crippen molar-refractivity contribution in [1.29, 1.82) is 0 Å². The molecule has 0 saturated heterocycles. The maximum Gasteiger partial charge on any atom is 0.194 e. The highest BCUT2D eigenvalue weighted by Crippen LogP contribution is 2.17. The summed E-state index contributed by atoms with van der Waals surface area (Å²) in [6, 6.07) is 8.47. The van der Waals surface area contributed by atoms with Gasteiger partial charge in [0.25, 0.3) is 0 Å². The van der Waals surface area contributed by atoms with Crippen molar-refractivity contribution in [3.63, 3.8) is 0 Å². The van der Waals surface area contributed by atoms with Gasteiger partial charge in [-0.15, -0.1) is 0 Å². The van der Waals surface area contributed by atoms with Crippen LogP contribution in [0.2, 0.25) is 0 Å². The number of halogens is 1. The monoisotopic (exact) mass is 349 g/mol. The van der Waals surface area contributed by atoms with Crippen molar-refractivity contribution < 1.29 is 9.13 Å². The molecule has 1 aromatic carbocycles. The lowest BCUT2D eigenvalue weighted by Crippen LogP contribution is -2.38. The first-order chi connectivity index (χ1) is 11.6. The third kappa shape index (κ3) is 5.32. The second-order valence-corrected chi connectivity index (χ2v) is 6.24. The van der Waals surface area contributed by atoms with E-state index in [9.17, 15) is 4.39 Å². The molecule has 1 heterocycles. The lowest BCUT2D eigenvalue weighted by Gasteiger charge is -2.22. The summed E-state index contributed by atoms with van der Waals surface area (Å²) in [4.78, 5) is 6.77. The van der Waals surface area contributed by atoms with E-state index >= 15 is 0 Å². The molecule has 0 aliphatic carbocycles. The number of thiophene rings is 1. The van der Waals surface area contributed by atoms with Crippen molar-refractivity contribution >= 4 is 17.3 Å². The Hall–Kier alpha value is -1.92. The molecule has 2 aromatic rings. The van der Waals surface area contributed by atoms with E-state index in [1.807, 2.05) is 14.0 Å². The highest BCUT2D eigenvalue weighted by atomic mass is 32.1. The molecular weight excluding hydrogens is 325 g/mol. The minimum atomic E-state index is -0.249. The van der Waals surface area contributed by atoms with Crippen LogP contribution in [0.25, 0.3) is 0 Å². The molecule has 0 radical (unpaired) electrons. The molecule has 0 aliphatic rings. The van der Waals surface area contributed by atoms with Crippen LogP contribution in [-0.2, 0) is 11.3 Å². The molecule has 0 spiro atoms. The van der Waals surface area contributed by atoms with Gasteiger partial charge in [-0.25, -0.2) is 4.39 Å². The van der Waals surface area contributed by atoms with E-state index in [1.165, 1.54) is 17.7 Å². The van der Waals surface area contributed by atoms with E-state index < -0.39 is 0 Å². The maximum absolute atomic E-state index is 13.1. The fraction of sp³-hybridized carbons (Fsp3) is 0.389. The standard InChI is InChI=1S/C18H24FN3OS/c1-4-20-18(22(2)12-14-9-10-24-13-14)21-11-17(23-3)15-5-7-16(19)8-6-15/h5-10,13,17H,4,11-12H2,1-3H3,(H,20,21). The van der Waals surface area contributed by atoms with Crippen LogP contribution in [0.3, 0.4) is 0 Å². The number of hydrogen-bond donors (Lipinski definition) is 1. The normalized spacial score (nSPS) is 12.9. The molecule has 0 bridgehead atoms. The number of ether oxygens (including phenoxy) is 1. The van der Waals surface area contributed by atoms with E-state index in [4.69, 9.17) is 4.74 Å². The molecule has 6 heteroatoms. The zero-order valence-corrected chi connectivity index (χ0v) is 15.1. The zero-order valence-electron chi connectivity index (χ0n) is 14.3.